The van der Waals surface area contributed by atoms with Gasteiger partial charge in [-0.15, -0.1) is 0 Å². The van der Waals surface area contributed by atoms with Gasteiger partial charge >= 0.3 is 0 Å². The van der Waals surface area contributed by atoms with Crippen LogP contribution in [-0.2, 0) is 0 Å². The molecule has 0 heterocycles. The number of hydrogen-bond acceptors (Lipinski definition) is 1. The number of halogens is 2. The van der Waals surface area contributed by atoms with Gasteiger partial charge in [0.2, 0.25) is 0 Å². The maximum absolute atomic E-state index is 6.06. The van der Waals surface area contributed by atoms with Crippen LogP contribution in [0.4, 0.5) is 5.69 Å². The molecule has 2 rings (SSSR count). The molecule has 0 bridgehead atoms. The lowest BCUT2D eigenvalue weighted by atomic mass is 10.1. The summed E-state index contributed by atoms with van der Waals surface area (Å²) >= 11 is 14.8. The van der Waals surface area contributed by atoms with Crippen LogP contribution in [0.15, 0.2) is 46.9 Å². The number of anilines is 1. The number of aryl methyl sites for hydroxylation is 1. The normalized spacial score (nSPS) is 11.8. The van der Waals surface area contributed by atoms with E-state index in [1.54, 1.807) is 0 Å². The number of rotatable bonds is 3. The molecule has 0 spiro atoms. The van der Waals surface area contributed by atoms with Gasteiger partial charge in [-0.3, -0.25) is 0 Å². The van der Waals surface area contributed by atoms with Crippen molar-refractivity contribution in [1.82, 2.24) is 5.32 Å². The number of benzene rings is 2. The summed E-state index contributed by atoms with van der Waals surface area (Å²) in [5.74, 6) is 0. The fraction of sp³-hybridized carbons (Fsp3) is 0.188. The van der Waals surface area contributed by atoms with E-state index in [0.29, 0.717) is 10.1 Å². The van der Waals surface area contributed by atoms with E-state index in [0.717, 1.165) is 10.2 Å². The summed E-state index contributed by atoms with van der Waals surface area (Å²) in [5.41, 5.74) is 3.30. The number of nitrogens with one attached hydrogen (secondary N) is 2. The summed E-state index contributed by atoms with van der Waals surface area (Å²) < 4.78 is 0.863. The highest BCUT2D eigenvalue weighted by Gasteiger charge is 2.07. The zero-order valence-electron chi connectivity index (χ0n) is 11.8. The zero-order chi connectivity index (χ0) is 15.4. The maximum Gasteiger partial charge on any atom is 0.171 e. The first-order valence-corrected chi connectivity index (χ1v) is 8.13. The van der Waals surface area contributed by atoms with Crippen LogP contribution in [0.25, 0.3) is 0 Å². The van der Waals surface area contributed by atoms with Crippen LogP contribution in [0.3, 0.4) is 0 Å². The van der Waals surface area contributed by atoms with Gasteiger partial charge in [-0.1, -0.05) is 41.4 Å². The van der Waals surface area contributed by atoms with E-state index in [1.807, 2.05) is 18.2 Å². The Morgan fingerprint density at radius 3 is 2.48 bits per heavy atom. The lowest BCUT2D eigenvalue weighted by Crippen LogP contribution is -2.30. The molecule has 5 heteroatoms. The van der Waals surface area contributed by atoms with Gasteiger partial charge in [0.05, 0.1) is 11.1 Å². The minimum absolute atomic E-state index is 0.136. The standard InChI is InChI=1S/C16H16BrClN2S/c1-10-3-5-12(6-4-10)11(2)19-16(21)20-13-7-8-14(17)15(18)9-13/h3-9,11H,1-2H3,(H2,19,20,21)/t11-/m0/s1. The van der Waals surface area contributed by atoms with Gasteiger partial charge in [-0.25, -0.2) is 0 Å². The molecule has 0 unspecified atom stereocenters. The van der Waals surface area contributed by atoms with E-state index >= 15 is 0 Å². The molecule has 2 nitrogen and oxygen atoms in total. The van der Waals surface area contributed by atoms with Crippen LogP contribution in [0.1, 0.15) is 24.1 Å². The van der Waals surface area contributed by atoms with Crippen LogP contribution in [0, 0.1) is 6.92 Å². The van der Waals surface area contributed by atoms with E-state index in [9.17, 15) is 0 Å². The second-order valence-corrected chi connectivity index (χ2v) is 6.53. The van der Waals surface area contributed by atoms with Gasteiger partial charge in [0.15, 0.2) is 5.11 Å². The van der Waals surface area contributed by atoms with Gasteiger partial charge in [-0.2, -0.15) is 0 Å². The Morgan fingerprint density at radius 1 is 1.19 bits per heavy atom. The lowest BCUT2D eigenvalue weighted by Gasteiger charge is -2.17. The van der Waals surface area contributed by atoms with Crippen LogP contribution in [0.2, 0.25) is 5.02 Å². The highest BCUT2D eigenvalue weighted by molar-refractivity contribution is 9.10. The van der Waals surface area contributed by atoms with Gasteiger partial charge < -0.3 is 10.6 Å². The molecular formula is C16H16BrClN2S. The second kappa shape index (κ2) is 7.25. The SMILES string of the molecule is Cc1ccc([C@H](C)NC(=S)Nc2ccc(Br)c(Cl)c2)cc1. The largest absolute Gasteiger partial charge is 0.356 e. The Morgan fingerprint density at radius 2 is 1.86 bits per heavy atom. The van der Waals surface area contributed by atoms with Crippen LogP contribution in [-0.4, -0.2) is 5.11 Å². The Hall–Kier alpha value is -1.10. The summed E-state index contributed by atoms with van der Waals surface area (Å²) in [5, 5.41) is 7.62. The Labute approximate surface area is 144 Å². The molecule has 2 N–H and O–H groups in total. The van der Waals surface area contributed by atoms with Crippen molar-refractivity contribution in [2.75, 3.05) is 5.32 Å². The van der Waals surface area contributed by atoms with Crippen molar-refractivity contribution in [3.8, 4) is 0 Å². The van der Waals surface area contributed by atoms with E-state index in [2.05, 4.69) is 64.7 Å². The van der Waals surface area contributed by atoms with Crippen molar-refractivity contribution in [3.05, 3.63) is 63.1 Å². The maximum atomic E-state index is 6.06. The predicted molar refractivity (Wildman–Crippen MR) is 98.1 cm³/mol. The molecule has 0 radical (unpaired) electrons. The van der Waals surface area contributed by atoms with E-state index in [4.69, 9.17) is 23.8 Å². The molecule has 21 heavy (non-hydrogen) atoms. The molecule has 0 saturated heterocycles. The molecule has 0 saturated carbocycles. The van der Waals surface area contributed by atoms with Gasteiger partial charge in [-0.05, 0) is 65.8 Å². The lowest BCUT2D eigenvalue weighted by molar-refractivity contribution is 0.722. The number of thiocarbonyl (C=S) groups is 1. The van der Waals surface area contributed by atoms with Crippen molar-refractivity contribution in [2.24, 2.45) is 0 Å². The summed E-state index contributed by atoms with van der Waals surface area (Å²) in [4.78, 5) is 0. The average Bonchev–Trinajstić information content (AvgIpc) is 2.43. The first kappa shape index (κ1) is 16.3. The summed E-state index contributed by atoms with van der Waals surface area (Å²) in [7, 11) is 0. The summed E-state index contributed by atoms with van der Waals surface area (Å²) in [6.07, 6.45) is 0. The Kier molecular flexibility index (Phi) is 5.62. The molecule has 110 valence electrons. The quantitative estimate of drug-likeness (QED) is 0.688. The van der Waals surface area contributed by atoms with Crippen LogP contribution in [0.5, 0.6) is 0 Å². The van der Waals surface area contributed by atoms with Crippen molar-refractivity contribution in [1.29, 1.82) is 0 Å². The molecule has 0 aliphatic carbocycles. The van der Waals surface area contributed by atoms with Crippen molar-refractivity contribution < 1.29 is 0 Å². The fourth-order valence-electron chi connectivity index (χ4n) is 1.88. The first-order valence-electron chi connectivity index (χ1n) is 6.55. The third kappa shape index (κ3) is 4.70. The summed E-state index contributed by atoms with van der Waals surface area (Å²) in [6, 6.07) is 14.2. The van der Waals surface area contributed by atoms with Crippen molar-refractivity contribution in [3.63, 3.8) is 0 Å². The van der Waals surface area contributed by atoms with Gasteiger partial charge in [0, 0.05) is 10.2 Å². The molecule has 0 aromatic heterocycles. The molecule has 2 aromatic rings. The second-order valence-electron chi connectivity index (χ2n) is 4.86. The molecule has 0 aliphatic heterocycles. The molecule has 1 atom stereocenters. The highest BCUT2D eigenvalue weighted by atomic mass is 79.9. The van der Waals surface area contributed by atoms with Gasteiger partial charge in [0.1, 0.15) is 0 Å². The Bertz CT molecular complexity index is 643. The molecule has 0 aliphatic rings. The highest BCUT2D eigenvalue weighted by Crippen LogP contribution is 2.25. The third-order valence-electron chi connectivity index (χ3n) is 3.10. The Balaban J connectivity index is 1.97. The summed E-state index contributed by atoms with van der Waals surface area (Å²) in [6.45, 7) is 4.15. The molecular weight excluding hydrogens is 368 g/mol. The van der Waals surface area contributed by atoms with Crippen LogP contribution < -0.4 is 10.6 Å². The zero-order valence-corrected chi connectivity index (χ0v) is 14.9. The van der Waals surface area contributed by atoms with E-state index in [1.165, 1.54) is 11.1 Å². The monoisotopic (exact) mass is 382 g/mol. The predicted octanol–water partition coefficient (Wildman–Crippen LogP) is 5.46. The topological polar surface area (TPSA) is 24.1 Å². The fourth-order valence-corrected chi connectivity index (χ4v) is 2.60. The molecule has 2 aromatic carbocycles. The van der Waals surface area contributed by atoms with Crippen molar-refractivity contribution >= 4 is 50.5 Å². The molecule has 0 amide bonds. The number of hydrogen-bond donors (Lipinski definition) is 2. The van der Waals surface area contributed by atoms with E-state index < -0.39 is 0 Å². The van der Waals surface area contributed by atoms with Crippen LogP contribution >= 0.6 is 39.7 Å². The minimum Gasteiger partial charge on any atom is -0.356 e. The van der Waals surface area contributed by atoms with E-state index in [-0.39, 0.29) is 6.04 Å². The first-order chi connectivity index (χ1) is 9.95. The average molecular weight is 384 g/mol. The van der Waals surface area contributed by atoms with Crippen molar-refractivity contribution in [2.45, 2.75) is 19.9 Å². The smallest absolute Gasteiger partial charge is 0.171 e. The third-order valence-corrected chi connectivity index (χ3v) is 4.55. The minimum atomic E-state index is 0.136. The molecule has 0 fully saturated rings. The van der Waals surface area contributed by atoms with Gasteiger partial charge in [0.25, 0.3) is 0 Å².